The van der Waals surface area contributed by atoms with E-state index in [2.05, 4.69) is 4.98 Å². The highest BCUT2D eigenvalue weighted by Crippen LogP contribution is 2.28. The van der Waals surface area contributed by atoms with Gasteiger partial charge in [0.1, 0.15) is 5.75 Å². The Morgan fingerprint density at radius 3 is 2.47 bits per heavy atom. The molecule has 0 spiro atoms. The largest absolute Gasteiger partial charge is 0.497 e. The number of halogens is 2. The topological polar surface area (TPSA) is 39.2 Å². The zero-order valence-electron chi connectivity index (χ0n) is 10.1. The molecule has 0 N–H and O–H groups in total. The first kappa shape index (κ1) is 13.1. The van der Waals surface area contributed by atoms with Gasteiger partial charge in [0.05, 0.1) is 7.11 Å². The first-order valence-corrected chi connectivity index (χ1v) is 5.54. The van der Waals surface area contributed by atoms with Crippen LogP contribution in [0.2, 0.25) is 0 Å². The molecule has 0 amide bonds. The highest BCUT2D eigenvalue weighted by atomic mass is 19.3. The predicted octanol–water partition coefficient (Wildman–Crippen LogP) is 3.26. The standard InChI is InChI=1S/C14H11F2NO2/c1-19-10-2-3-11(14(15)16)12(8-10)13(18)9-4-6-17-7-5-9/h2-8,14H,1H3. The fourth-order valence-electron chi connectivity index (χ4n) is 1.71. The van der Waals surface area contributed by atoms with E-state index in [1.807, 2.05) is 0 Å². The number of ketones is 1. The van der Waals surface area contributed by atoms with Crippen molar-refractivity contribution in [3.05, 3.63) is 59.4 Å². The Kier molecular flexibility index (Phi) is 3.85. The summed E-state index contributed by atoms with van der Waals surface area (Å²) in [7, 11) is 1.41. The number of hydrogen-bond acceptors (Lipinski definition) is 3. The Morgan fingerprint density at radius 2 is 1.89 bits per heavy atom. The number of aromatic nitrogens is 1. The summed E-state index contributed by atoms with van der Waals surface area (Å²) in [6.07, 6.45) is 0.164. The van der Waals surface area contributed by atoms with E-state index < -0.39 is 12.2 Å². The molecule has 0 saturated carbocycles. The van der Waals surface area contributed by atoms with Crippen LogP contribution in [0, 0.1) is 0 Å². The fourth-order valence-corrected chi connectivity index (χ4v) is 1.71. The van der Waals surface area contributed by atoms with Crippen molar-refractivity contribution in [3.8, 4) is 5.75 Å². The van der Waals surface area contributed by atoms with Crippen molar-refractivity contribution < 1.29 is 18.3 Å². The van der Waals surface area contributed by atoms with Crippen LogP contribution in [0.25, 0.3) is 0 Å². The van der Waals surface area contributed by atoms with Gasteiger partial charge < -0.3 is 4.74 Å². The van der Waals surface area contributed by atoms with Crippen molar-refractivity contribution in [1.29, 1.82) is 0 Å². The van der Waals surface area contributed by atoms with Crippen molar-refractivity contribution >= 4 is 5.78 Å². The molecule has 0 atom stereocenters. The molecule has 0 radical (unpaired) electrons. The normalized spacial score (nSPS) is 10.5. The summed E-state index contributed by atoms with van der Waals surface area (Å²) >= 11 is 0. The van der Waals surface area contributed by atoms with Crippen LogP contribution in [0.1, 0.15) is 27.9 Å². The summed E-state index contributed by atoms with van der Waals surface area (Å²) in [5.41, 5.74) is -0.0479. The maximum Gasteiger partial charge on any atom is 0.264 e. The van der Waals surface area contributed by atoms with Gasteiger partial charge >= 0.3 is 0 Å². The van der Waals surface area contributed by atoms with Crippen molar-refractivity contribution in [2.45, 2.75) is 6.43 Å². The number of nitrogens with zero attached hydrogens (tertiary/aromatic N) is 1. The number of benzene rings is 1. The van der Waals surface area contributed by atoms with E-state index in [1.54, 1.807) is 0 Å². The lowest BCUT2D eigenvalue weighted by Gasteiger charge is -2.10. The minimum absolute atomic E-state index is 0.0550. The molecule has 98 valence electrons. The average Bonchev–Trinajstić information content (AvgIpc) is 2.46. The summed E-state index contributed by atoms with van der Waals surface area (Å²) in [4.78, 5) is 16.0. The van der Waals surface area contributed by atoms with Crippen LogP contribution in [-0.4, -0.2) is 17.9 Å². The van der Waals surface area contributed by atoms with Gasteiger partial charge in [-0.2, -0.15) is 0 Å². The molecule has 0 saturated heterocycles. The van der Waals surface area contributed by atoms with Gasteiger partial charge in [-0.1, -0.05) is 0 Å². The van der Waals surface area contributed by atoms with E-state index in [0.29, 0.717) is 11.3 Å². The lowest BCUT2D eigenvalue weighted by atomic mass is 9.99. The average molecular weight is 263 g/mol. The molecule has 0 aliphatic carbocycles. The second-order valence-corrected chi connectivity index (χ2v) is 3.82. The number of methoxy groups -OCH3 is 1. The predicted molar refractivity (Wildman–Crippen MR) is 65.6 cm³/mol. The Morgan fingerprint density at radius 1 is 1.21 bits per heavy atom. The number of hydrogen-bond donors (Lipinski definition) is 0. The second-order valence-electron chi connectivity index (χ2n) is 3.82. The molecule has 3 nitrogen and oxygen atoms in total. The molecule has 5 heteroatoms. The van der Waals surface area contributed by atoms with Gasteiger partial charge in [0.15, 0.2) is 5.78 Å². The van der Waals surface area contributed by atoms with Gasteiger partial charge in [-0.05, 0) is 30.3 Å². The maximum atomic E-state index is 12.9. The van der Waals surface area contributed by atoms with Gasteiger partial charge in [-0.15, -0.1) is 0 Å². The third-order valence-corrected chi connectivity index (χ3v) is 2.68. The highest BCUT2D eigenvalue weighted by molar-refractivity contribution is 6.10. The zero-order chi connectivity index (χ0) is 13.8. The molecule has 1 aromatic carbocycles. The number of rotatable bonds is 4. The van der Waals surface area contributed by atoms with Crippen molar-refractivity contribution in [2.75, 3.05) is 7.11 Å². The van der Waals surface area contributed by atoms with E-state index in [1.165, 1.54) is 49.8 Å². The molecular weight excluding hydrogens is 252 g/mol. The molecule has 2 aromatic rings. The lowest BCUT2D eigenvalue weighted by molar-refractivity contribution is 0.102. The van der Waals surface area contributed by atoms with Gasteiger partial charge in [0.2, 0.25) is 0 Å². The molecule has 2 rings (SSSR count). The zero-order valence-corrected chi connectivity index (χ0v) is 10.1. The van der Waals surface area contributed by atoms with Crippen molar-refractivity contribution in [2.24, 2.45) is 0 Å². The molecule has 1 heterocycles. The lowest BCUT2D eigenvalue weighted by Crippen LogP contribution is -2.06. The molecule has 0 aliphatic heterocycles. The number of pyridine rings is 1. The van der Waals surface area contributed by atoms with Gasteiger partial charge in [-0.25, -0.2) is 8.78 Å². The van der Waals surface area contributed by atoms with Crippen LogP contribution in [0.3, 0.4) is 0 Å². The summed E-state index contributed by atoms with van der Waals surface area (Å²) in [5, 5.41) is 0. The maximum absolute atomic E-state index is 12.9. The Balaban J connectivity index is 2.50. The van der Waals surface area contributed by atoms with E-state index in [-0.39, 0.29) is 11.1 Å². The molecule has 19 heavy (non-hydrogen) atoms. The van der Waals surface area contributed by atoms with Crippen LogP contribution in [0.15, 0.2) is 42.7 Å². The third kappa shape index (κ3) is 2.76. The molecular formula is C14H11F2NO2. The van der Waals surface area contributed by atoms with Crippen LogP contribution < -0.4 is 4.74 Å². The minimum Gasteiger partial charge on any atom is -0.497 e. The van der Waals surface area contributed by atoms with Gasteiger partial charge in [0.25, 0.3) is 6.43 Å². The SMILES string of the molecule is COc1ccc(C(F)F)c(C(=O)c2ccncc2)c1. The highest BCUT2D eigenvalue weighted by Gasteiger charge is 2.20. The summed E-state index contributed by atoms with van der Waals surface area (Å²) < 4.78 is 30.8. The number of carbonyl (C=O) groups is 1. The van der Waals surface area contributed by atoms with Crippen molar-refractivity contribution in [1.82, 2.24) is 4.98 Å². The number of alkyl halides is 2. The van der Waals surface area contributed by atoms with Crippen LogP contribution in [-0.2, 0) is 0 Å². The second kappa shape index (κ2) is 5.56. The number of ether oxygens (including phenoxy) is 1. The van der Waals surface area contributed by atoms with E-state index in [0.717, 1.165) is 0 Å². The van der Waals surface area contributed by atoms with Crippen molar-refractivity contribution in [3.63, 3.8) is 0 Å². The summed E-state index contributed by atoms with van der Waals surface area (Å²) in [6.45, 7) is 0. The fraction of sp³-hybridized carbons (Fsp3) is 0.143. The molecule has 0 bridgehead atoms. The summed E-state index contributed by atoms with van der Waals surface area (Å²) in [6, 6.07) is 6.90. The van der Waals surface area contributed by atoms with E-state index in [4.69, 9.17) is 4.74 Å². The van der Waals surface area contributed by atoms with E-state index >= 15 is 0 Å². The first-order valence-electron chi connectivity index (χ1n) is 5.54. The first-order chi connectivity index (χ1) is 9.13. The number of carbonyl (C=O) groups excluding carboxylic acids is 1. The summed E-state index contributed by atoms with van der Waals surface area (Å²) in [5.74, 6) is -0.113. The van der Waals surface area contributed by atoms with Crippen LogP contribution >= 0.6 is 0 Å². The molecule has 0 unspecified atom stereocenters. The molecule has 0 fully saturated rings. The molecule has 1 aromatic heterocycles. The van der Waals surface area contributed by atoms with E-state index in [9.17, 15) is 13.6 Å². The van der Waals surface area contributed by atoms with Gasteiger partial charge in [-0.3, -0.25) is 9.78 Å². The quantitative estimate of drug-likeness (QED) is 0.795. The Bertz CT molecular complexity index is 585. The minimum atomic E-state index is -2.72. The monoisotopic (exact) mass is 263 g/mol. The smallest absolute Gasteiger partial charge is 0.264 e. The Labute approximate surface area is 108 Å². The van der Waals surface area contributed by atoms with Gasteiger partial charge in [0, 0.05) is 29.1 Å². The van der Waals surface area contributed by atoms with Crippen LogP contribution in [0.5, 0.6) is 5.75 Å². The third-order valence-electron chi connectivity index (χ3n) is 2.68. The molecule has 0 aliphatic rings. The van der Waals surface area contributed by atoms with Crippen LogP contribution in [0.4, 0.5) is 8.78 Å². The Hall–Kier alpha value is -2.30.